The quantitative estimate of drug-likeness (QED) is 0.365. The van der Waals surface area contributed by atoms with Gasteiger partial charge in [0.15, 0.2) is 11.6 Å². The number of rotatable bonds is 4. The summed E-state index contributed by atoms with van der Waals surface area (Å²) in [5, 5.41) is 0.507. The van der Waals surface area contributed by atoms with E-state index in [1.165, 1.54) is 6.92 Å². The maximum absolute atomic E-state index is 12.4. The Bertz CT molecular complexity index is 672. The van der Waals surface area contributed by atoms with Gasteiger partial charge in [-0.15, -0.1) is 0 Å². The zero-order valence-corrected chi connectivity index (χ0v) is 11.7. The van der Waals surface area contributed by atoms with Gasteiger partial charge in [-0.2, -0.15) is 0 Å². The highest BCUT2D eigenvalue weighted by Gasteiger charge is 2.16. The summed E-state index contributed by atoms with van der Waals surface area (Å²) in [4.78, 5) is 24.1. The topological polar surface area (TPSA) is 34.1 Å². The number of carbonyl (C=O) groups is 2. The van der Waals surface area contributed by atoms with Crippen molar-refractivity contribution in [1.82, 2.24) is 0 Å². The molecule has 0 bridgehead atoms. The summed E-state index contributed by atoms with van der Waals surface area (Å²) >= 11 is 6.06. The van der Waals surface area contributed by atoms with Crippen molar-refractivity contribution in [2.75, 3.05) is 0 Å². The van der Waals surface area contributed by atoms with E-state index in [0.29, 0.717) is 16.1 Å². The van der Waals surface area contributed by atoms with Crippen molar-refractivity contribution < 1.29 is 9.59 Å². The van der Waals surface area contributed by atoms with E-state index in [0.717, 1.165) is 0 Å². The molecule has 0 N–H and O–H groups in total. The van der Waals surface area contributed by atoms with Gasteiger partial charge in [0, 0.05) is 10.6 Å². The molecule has 0 unspecified atom stereocenters. The predicted octanol–water partition coefficient (Wildman–Crippen LogP) is 4.20. The zero-order chi connectivity index (χ0) is 14.5. The molecular weight excluding hydrogens is 272 g/mol. The van der Waals surface area contributed by atoms with E-state index in [1.807, 2.05) is 12.1 Å². The molecule has 0 saturated heterocycles. The molecule has 0 saturated carbocycles. The van der Waals surface area contributed by atoms with Gasteiger partial charge in [-0.25, -0.2) is 0 Å². The third-order valence-corrected chi connectivity index (χ3v) is 3.21. The lowest BCUT2D eigenvalue weighted by Crippen LogP contribution is -2.10. The molecular formula is C17H13ClO2. The van der Waals surface area contributed by atoms with Crippen molar-refractivity contribution >= 4 is 29.2 Å². The van der Waals surface area contributed by atoms with Gasteiger partial charge in [0.05, 0.1) is 5.57 Å². The third kappa shape index (κ3) is 3.22. The van der Waals surface area contributed by atoms with E-state index in [9.17, 15) is 9.59 Å². The minimum Gasteiger partial charge on any atom is -0.294 e. The van der Waals surface area contributed by atoms with E-state index >= 15 is 0 Å². The van der Waals surface area contributed by atoms with Crippen LogP contribution < -0.4 is 0 Å². The number of allylic oxidation sites excluding steroid dienone is 1. The Kier molecular flexibility index (Phi) is 4.49. The summed E-state index contributed by atoms with van der Waals surface area (Å²) in [6.07, 6.45) is 1.54. The van der Waals surface area contributed by atoms with Gasteiger partial charge in [-0.1, -0.05) is 60.1 Å². The van der Waals surface area contributed by atoms with Gasteiger partial charge in [-0.3, -0.25) is 9.59 Å². The molecule has 0 aliphatic carbocycles. The fourth-order valence-electron chi connectivity index (χ4n) is 1.82. The maximum Gasteiger partial charge on any atom is 0.196 e. The smallest absolute Gasteiger partial charge is 0.196 e. The van der Waals surface area contributed by atoms with Crippen LogP contribution in [0.1, 0.15) is 22.8 Å². The molecule has 2 aromatic carbocycles. The number of hydrogen-bond donors (Lipinski definition) is 0. The Hall–Kier alpha value is -2.19. The van der Waals surface area contributed by atoms with Crippen molar-refractivity contribution in [3.63, 3.8) is 0 Å². The Morgan fingerprint density at radius 2 is 1.55 bits per heavy atom. The largest absolute Gasteiger partial charge is 0.294 e. The predicted molar refractivity (Wildman–Crippen MR) is 80.9 cm³/mol. The first kappa shape index (κ1) is 14.2. The summed E-state index contributed by atoms with van der Waals surface area (Å²) in [6.45, 7) is 1.38. The zero-order valence-electron chi connectivity index (χ0n) is 11.0. The van der Waals surface area contributed by atoms with E-state index in [4.69, 9.17) is 11.6 Å². The average Bonchev–Trinajstić information content (AvgIpc) is 2.46. The maximum atomic E-state index is 12.4. The second kappa shape index (κ2) is 6.31. The van der Waals surface area contributed by atoms with Crippen LogP contribution in [-0.4, -0.2) is 11.6 Å². The molecule has 0 aromatic heterocycles. The van der Waals surface area contributed by atoms with E-state index in [1.54, 1.807) is 48.5 Å². The third-order valence-electron chi connectivity index (χ3n) is 2.86. The number of Topliss-reactive ketones (excluding diaryl/α,β-unsaturated/α-hetero) is 2. The minimum absolute atomic E-state index is 0.129. The molecule has 0 heterocycles. The first-order chi connectivity index (χ1) is 9.59. The first-order valence-electron chi connectivity index (χ1n) is 6.16. The van der Waals surface area contributed by atoms with Gasteiger partial charge < -0.3 is 0 Å². The SMILES string of the molecule is CC(=O)/C(=C/c1ccccc1Cl)C(=O)c1ccccc1. The van der Waals surface area contributed by atoms with Crippen LogP contribution in [0.5, 0.6) is 0 Å². The average molecular weight is 285 g/mol. The van der Waals surface area contributed by atoms with E-state index in [2.05, 4.69) is 0 Å². The molecule has 2 aromatic rings. The van der Waals surface area contributed by atoms with Crippen LogP contribution in [0.25, 0.3) is 6.08 Å². The fourth-order valence-corrected chi connectivity index (χ4v) is 2.01. The summed E-state index contributed by atoms with van der Waals surface area (Å²) < 4.78 is 0. The molecule has 2 nitrogen and oxygen atoms in total. The Balaban J connectivity index is 2.45. The summed E-state index contributed by atoms with van der Waals surface area (Å²) in [5.74, 6) is -0.572. The van der Waals surface area contributed by atoms with Crippen LogP contribution in [-0.2, 0) is 4.79 Å². The summed E-state index contributed by atoms with van der Waals surface area (Å²) in [5.41, 5.74) is 1.27. The number of halogens is 1. The monoisotopic (exact) mass is 284 g/mol. The van der Waals surface area contributed by atoms with Gasteiger partial charge in [0.1, 0.15) is 0 Å². The van der Waals surface area contributed by atoms with Crippen LogP contribution >= 0.6 is 11.6 Å². The lowest BCUT2D eigenvalue weighted by molar-refractivity contribution is -0.113. The van der Waals surface area contributed by atoms with Crippen molar-refractivity contribution in [3.05, 3.63) is 76.3 Å². The highest BCUT2D eigenvalue weighted by atomic mass is 35.5. The lowest BCUT2D eigenvalue weighted by atomic mass is 9.98. The van der Waals surface area contributed by atoms with Crippen LogP contribution in [0.3, 0.4) is 0 Å². The van der Waals surface area contributed by atoms with Crippen molar-refractivity contribution in [3.8, 4) is 0 Å². The molecule has 2 rings (SSSR count). The Labute approximate surface area is 122 Å². The Morgan fingerprint density at radius 3 is 2.15 bits per heavy atom. The molecule has 100 valence electrons. The number of benzene rings is 2. The molecule has 0 spiro atoms. The van der Waals surface area contributed by atoms with Crippen molar-refractivity contribution in [2.45, 2.75) is 6.92 Å². The van der Waals surface area contributed by atoms with Crippen molar-refractivity contribution in [1.29, 1.82) is 0 Å². The summed E-state index contributed by atoms with van der Waals surface area (Å²) in [7, 11) is 0. The number of hydrogen-bond acceptors (Lipinski definition) is 2. The molecule has 0 aliphatic heterocycles. The van der Waals surface area contributed by atoms with Crippen LogP contribution in [0, 0.1) is 0 Å². The molecule has 0 radical (unpaired) electrons. The van der Waals surface area contributed by atoms with Gasteiger partial charge >= 0.3 is 0 Å². The summed E-state index contributed by atoms with van der Waals surface area (Å²) in [6, 6.07) is 15.8. The normalized spacial score (nSPS) is 11.2. The Morgan fingerprint density at radius 1 is 0.950 bits per heavy atom. The minimum atomic E-state index is -0.294. The van der Waals surface area contributed by atoms with Crippen LogP contribution in [0.2, 0.25) is 5.02 Å². The molecule has 0 atom stereocenters. The fraction of sp³-hybridized carbons (Fsp3) is 0.0588. The van der Waals surface area contributed by atoms with Gasteiger partial charge in [-0.05, 0) is 24.6 Å². The van der Waals surface area contributed by atoms with E-state index in [-0.39, 0.29) is 17.1 Å². The van der Waals surface area contributed by atoms with Gasteiger partial charge in [0.2, 0.25) is 0 Å². The molecule has 0 fully saturated rings. The molecule has 0 aliphatic rings. The number of ketones is 2. The highest BCUT2D eigenvalue weighted by Crippen LogP contribution is 2.20. The number of carbonyl (C=O) groups excluding carboxylic acids is 2. The standard InChI is InChI=1S/C17H13ClO2/c1-12(19)15(11-14-9-5-6-10-16(14)18)17(20)13-7-3-2-4-8-13/h2-11H,1H3/b15-11-. The second-order valence-electron chi connectivity index (χ2n) is 4.33. The van der Waals surface area contributed by atoms with Crippen molar-refractivity contribution in [2.24, 2.45) is 0 Å². The second-order valence-corrected chi connectivity index (χ2v) is 4.74. The molecule has 0 amide bonds. The lowest BCUT2D eigenvalue weighted by Gasteiger charge is -2.04. The van der Waals surface area contributed by atoms with E-state index < -0.39 is 0 Å². The molecule has 20 heavy (non-hydrogen) atoms. The van der Waals surface area contributed by atoms with Crippen LogP contribution in [0.15, 0.2) is 60.2 Å². The first-order valence-corrected chi connectivity index (χ1v) is 6.54. The van der Waals surface area contributed by atoms with Gasteiger partial charge in [0.25, 0.3) is 0 Å². The highest BCUT2D eigenvalue weighted by molar-refractivity contribution is 6.33. The van der Waals surface area contributed by atoms with Crippen LogP contribution in [0.4, 0.5) is 0 Å². The molecule has 3 heteroatoms.